The van der Waals surface area contributed by atoms with Crippen LogP contribution in [0.2, 0.25) is 0 Å². The van der Waals surface area contributed by atoms with Crippen molar-refractivity contribution in [2.45, 2.75) is 25.0 Å². The molecule has 0 fully saturated rings. The molecule has 4 N–H and O–H groups in total. The lowest BCUT2D eigenvalue weighted by Gasteiger charge is -2.24. The van der Waals surface area contributed by atoms with Gasteiger partial charge < -0.3 is 20.4 Å². The quantitative estimate of drug-likeness (QED) is 0.498. The number of carboxylic acid groups (broad SMARTS) is 1. The summed E-state index contributed by atoms with van der Waals surface area (Å²) in [5.41, 5.74) is 5.26. The van der Waals surface area contributed by atoms with Crippen LogP contribution in [0.5, 0.6) is 0 Å². The largest absolute Gasteiger partial charge is 0.480 e. The molecule has 5 nitrogen and oxygen atoms in total. The van der Waals surface area contributed by atoms with Crippen LogP contribution in [0.1, 0.15) is 12.8 Å². The Balaban J connectivity index is 3.75. The number of aliphatic carboxylic acids is 1. The summed E-state index contributed by atoms with van der Waals surface area (Å²) in [7, 11) is 6.14. The van der Waals surface area contributed by atoms with Crippen molar-refractivity contribution in [3.63, 3.8) is 0 Å². The zero-order valence-electron chi connectivity index (χ0n) is 9.10. The Bertz CT molecular complexity index is 189. The number of aliphatic hydroxyl groups is 1. The number of nitrogens with zero attached hydrogens (tertiary/aromatic N) is 1. The highest BCUT2D eigenvalue weighted by Crippen LogP contribution is 2.04. The van der Waals surface area contributed by atoms with E-state index in [1.165, 1.54) is 0 Å². The molecule has 1 unspecified atom stereocenters. The molecule has 5 heteroatoms. The van der Waals surface area contributed by atoms with E-state index in [1.54, 1.807) is 0 Å². The van der Waals surface area contributed by atoms with Gasteiger partial charge in [-0.1, -0.05) is 0 Å². The van der Waals surface area contributed by atoms with E-state index in [-0.39, 0.29) is 0 Å². The second-order valence-electron chi connectivity index (χ2n) is 4.59. The van der Waals surface area contributed by atoms with E-state index in [1.807, 2.05) is 21.1 Å². The van der Waals surface area contributed by atoms with Crippen molar-refractivity contribution < 1.29 is 19.5 Å². The van der Waals surface area contributed by atoms with Crippen molar-refractivity contribution >= 4 is 5.97 Å². The number of hydrogen-bond donors (Lipinski definition) is 3. The highest BCUT2D eigenvalue weighted by Gasteiger charge is 2.22. The SMILES string of the molecule is C[N+](C)(C)CCCC(O)[C@H](N)C(=O)O. The molecule has 0 heterocycles. The molecule has 0 rings (SSSR count). The van der Waals surface area contributed by atoms with Crippen LogP contribution in [0.4, 0.5) is 0 Å². The van der Waals surface area contributed by atoms with Crippen molar-refractivity contribution in [1.29, 1.82) is 0 Å². The van der Waals surface area contributed by atoms with Crippen molar-refractivity contribution in [2.24, 2.45) is 5.73 Å². The second-order valence-corrected chi connectivity index (χ2v) is 4.59. The van der Waals surface area contributed by atoms with E-state index in [2.05, 4.69) is 0 Å². The van der Waals surface area contributed by atoms with Crippen LogP contribution in [-0.2, 0) is 4.79 Å². The third-order valence-electron chi connectivity index (χ3n) is 2.03. The zero-order chi connectivity index (χ0) is 11.4. The molecule has 0 saturated heterocycles. The number of carbonyl (C=O) groups is 1. The number of nitrogens with two attached hydrogens (primary N) is 1. The third-order valence-corrected chi connectivity index (χ3v) is 2.03. The fourth-order valence-electron chi connectivity index (χ4n) is 1.12. The van der Waals surface area contributed by atoms with E-state index in [9.17, 15) is 9.90 Å². The smallest absolute Gasteiger partial charge is 0.323 e. The van der Waals surface area contributed by atoms with Gasteiger partial charge in [0.1, 0.15) is 6.04 Å². The van der Waals surface area contributed by atoms with Gasteiger partial charge in [-0.05, 0) is 12.8 Å². The molecular formula is C9H21N2O3+. The normalized spacial score (nSPS) is 16.4. The number of aliphatic hydroxyl groups excluding tert-OH is 1. The van der Waals surface area contributed by atoms with E-state index < -0.39 is 18.1 Å². The summed E-state index contributed by atoms with van der Waals surface area (Å²) in [5, 5.41) is 17.9. The molecule has 2 atom stereocenters. The van der Waals surface area contributed by atoms with E-state index in [0.717, 1.165) is 17.4 Å². The van der Waals surface area contributed by atoms with Gasteiger partial charge in [0.2, 0.25) is 0 Å². The highest BCUT2D eigenvalue weighted by atomic mass is 16.4. The molecule has 0 aliphatic heterocycles. The molecule has 14 heavy (non-hydrogen) atoms. The molecule has 0 aromatic carbocycles. The first-order valence-corrected chi connectivity index (χ1v) is 4.71. The fourth-order valence-corrected chi connectivity index (χ4v) is 1.12. The summed E-state index contributed by atoms with van der Waals surface area (Å²) in [6.07, 6.45) is 0.258. The van der Waals surface area contributed by atoms with Gasteiger partial charge in [0.05, 0.1) is 33.8 Å². The van der Waals surface area contributed by atoms with Crippen molar-refractivity contribution in [3.05, 3.63) is 0 Å². The first-order valence-electron chi connectivity index (χ1n) is 4.71. The highest BCUT2D eigenvalue weighted by molar-refractivity contribution is 5.73. The summed E-state index contributed by atoms with van der Waals surface area (Å²) in [6, 6.07) is -1.16. The van der Waals surface area contributed by atoms with E-state index in [0.29, 0.717) is 6.42 Å². The first kappa shape index (κ1) is 13.4. The van der Waals surface area contributed by atoms with E-state index in [4.69, 9.17) is 10.8 Å². The Morgan fingerprint density at radius 3 is 2.29 bits per heavy atom. The van der Waals surface area contributed by atoms with Gasteiger partial charge in [0.25, 0.3) is 0 Å². The number of quaternary nitrogens is 1. The summed E-state index contributed by atoms with van der Waals surface area (Å²) in [4.78, 5) is 10.4. The zero-order valence-corrected chi connectivity index (χ0v) is 9.10. The molecule has 0 aliphatic carbocycles. The summed E-state index contributed by atoms with van der Waals surface area (Å²) < 4.78 is 0.801. The second kappa shape index (κ2) is 5.29. The molecule has 0 amide bonds. The topological polar surface area (TPSA) is 83.5 Å². The van der Waals surface area contributed by atoms with Crippen LogP contribution >= 0.6 is 0 Å². The number of hydrogen-bond acceptors (Lipinski definition) is 3. The molecule has 0 aromatic rings. The predicted molar refractivity (Wildman–Crippen MR) is 53.8 cm³/mol. The number of carboxylic acids is 1. The minimum Gasteiger partial charge on any atom is -0.480 e. The Morgan fingerprint density at radius 2 is 1.93 bits per heavy atom. The van der Waals surface area contributed by atoms with E-state index >= 15 is 0 Å². The van der Waals surface area contributed by atoms with Gasteiger partial charge in [-0.2, -0.15) is 0 Å². The maximum absolute atomic E-state index is 10.4. The molecule has 0 spiro atoms. The van der Waals surface area contributed by atoms with Gasteiger partial charge in [0.15, 0.2) is 0 Å². The average molecular weight is 205 g/mol. The van der Waals surface area contributed by atoms with Gasteiger partial charge >= 0.3 is 5.97 Å². The minimum absolute atomic E-state index is 0.434. The molecule has 0 radical (unpaired) electrons. The number of rotatable bonds is 6. The Morgan fingerprint density at radius 1 is 1.43 bits per heavy atom. The van der Waals surface area contributed by atoms with Crippen LogP contribution in [-0.4, -0.2) is 60.5 Å². The van der Waals surface area contributed by atoms with Crippen molar-refractivity contribution in [2.75, 3.05) is 27.7 Å². The van der Waals surface area contributed by atoms with Crippen molar-refractivity contribution in [1.82, 2.24) is 0 Å². The Labute approximate surface area is 84.7 Å². The van der Waals surface area contributed by atoms with Crippen LogP contribution in [0, 0.1) is 0 Å². The molecular weight excluding hydrogens is 184 g/mol. The van der Waals surface area contributed by atoms with Crippen LogP contribution < -0.4 is 5.73 Å². The van der Waals surface area contributed by atoms with Crippen LogP contribution in [0.3, 0.4) is 0 Å². The minimum atomic E-state index is -1.16. The first-order chi connectivity index (χ1) is 6.24. The Kier molecular flexibility index (Phi) is 5.04. The maximum atomic E-state index is 10.4. The molecule has 84 valence electrons. The fraction of sp³-hybridized carbons (Fsp3) is 0.889. The van der Waals surface area contributed by atoms with Crippen LogP contribution in [0.15, 0.2) is 0 Å². The standard InChI is InChI=1S/C9H20N2O3/c1-11(2,3)6-4-5-7(12)8(10)9(13)14/h7-8,12H,4-6,10H2,1-3H3/p+1/t7?,8-/m0/s1. The van der Waals surface area contributed by atoms with Crippen molar-refractivity contribution in [3.8, 4) is 0 Å². The summed E-state index contributed by atoms with van der Waals surface area (Å²) >= 11 is 0. The predicted octanol–water partition coefficient (Wildman–Crippen LogP) is -0.754. The van der Waals surface area contributed by atoms with Gasteiger partial charge in [-0.3, -0.25) is 4.79 Å². The Hall–Kier alpha value is -0.650. The summed E-state index contributed by atoms with van der Waals surface area (Å²) in [5.74, 6) is -1.15. The lowest BCUT2D eigenvalue weighted by molar-refractivity contribution is -0.870. The van der Waals surface area contributed by atoms with Gasteiger partial charge in [0, 0.05) is 0 Å². The van der Waals surface area contributed by atoms with Gasteiger partial charge in [-0.15, -0.1) is 0 Å². The molecule has 0 saturated carbocycles. The van der Waals surface area contributed by atoms with Crippen LogP contribution in [0.25, 0.3) is 0 Å². The van der Waals surface area contributed by atoms with Gasteiger partial charge in [-0.25, -0.2) is 0 Å². The molecule has 0 bridgehead atoms. The molecule has 0 aliphatic rings. The average Bonchev–Trinajstić information content (AvgIpc) is 2.00. The monoisotopic (exact) mass is 205 g/mol. The maximum Gasteiger partial charge on any atom is 0.323 e. The molecule has 0 aromatic heterocycles. The lowest BCUT2D eigenvalue weighted by Crippen LogP contribution is -2.42. The summed E-state index contributed by atoms with van der Waals surface area (Å²) in [6.45, 7) is 0.892. The lowest BCUT2D eigenvalue weighted by atomic mass is 10.1. The third kappa shape index (κ3) is 5.90.